The third-order valence-electron chi connectivity index (χ3n) is 2.51. The molecule has 1 saturated heterocycles. The summed E-state index contributed by atoms with van der Waals surface area (Å²) in [6.07, 6.45) is 1.48. The fraction of sp³-hybridized carbons (Fsp3) is 1.00. The Labute approximate surface area is 59.6 Å². The Morgan fingerprint density at radius 3 is 2.70 bits per heavy atom. The number of hydrogen-bond donors (Lipinski definition) is 2. The van der Waals surface area contributed by atoms with Gasteiger partial charge in [-0.15, -0.1) is 0 Å². The summed E-state index contributed by atoms with van der Waals surface area (Å²) < 4.78 is 5.10. The van der Waals surface area contributed by atoms with E-state index in [0.717, 1.165) is 19.3 Å². The zero-order valence-corrected chi connectivity index (χ0v) is 5.73. The first-order chi connectivity index (χ1) is 4.77. The summed E-state index contributed by atoms with van der Waals surface area (Å²) in [6, 6.07) is 0. The van der Waals surface area contributed by atoms with Crippen molar-refractivity contribution in [1.82, 2.24) is 0 Å². The Morgan fingerprint density at radius 1 is 1.20 bits per heavy atom. The standard InChI is InChI=1S/C7H12O3/c8-5-2-1-4-3-6(5)10-7(4)9/h4-9H,1-3H2/t4?,5?,6?,7-/m0/s1. The van der Waals surface area contributed by atoms with Gasteiger partial charge in [-0.2, -0.15) is 0 Å². The van der Waals surface area contributed by atoms with E-state index in [1.54, 1.807) is 0 Å². The number of aliphatic hydroxyl groups is 2. The molecule has 2 aliphatic rings. The van der Waals surface area contributed by atoms with E-state index in [9.17, 15) is 10.2 Å². The lowest BCUT2D eigenvalue weighted by Crippen LogP contribution is -2.28. The average molecular weight is 144 g/mol. The number of rotatable bonds is 0. The first-order valence-electron chi connectivity index (χ1n) is 3.79. The van der Waals surface area contributed by atoms with Crippen LogP contribution in [0.1, 0.15) is 19.3 Å². The number of fused-ring (bicyclic) bond motifs is 2. The van der Waals surface area contributed by atoms with Crippen LogP contribution in [0.25, 0.3) is 0 Å². The summed E-state index contributed by atoms with van der Waals surface area (Å²) in [6.45, 7) is 0. The van der Waals surface area contributed by atoms with Crippen LogP contribution >= 0.6 is 0 Å². The van der Waals surface area contributed by atoms with Crippen molar-refractivity contribution in [3.8, 4) is 0 Å². The SMILES string of the molecule is OC1CCC2CC1O[C@@H]2O. The summed E-state index contributed by atoms with van der Waals surface area (Å²) in [5.74, 6) is 0.286. The van der Waals surface area contributed by atoms with E-state index in [4.69, 9.17) is 4.74 Å². The Balaban J connectivity index is 2.08. The summed E-state index contributed by atoms with van der Waals surface area (Å²) in [5, 5.41) is 18.5. The molecular weight excluding hydrogens is 132 g/mol. The fourth-order valence-corrected chi connectivity index (χ4v) is 1.84. The van der Waals surface area contributed by atoms with Crippen LogP contribution in [-0.2, 0) is 4.74 Å². The normalized spacial score (nSPS) is 53.4. The molecule has 2 bridgehead atoms. The summed E-state index contributed by atoms with van der Waals surface area (Å²) in [5.41, 5.74) is 0. The van der Waals surface area contributed by atoms with E-state index in [1.807, 2.05) is 0 Å². The Kier molecular flexibility index (Phi) is 1.44. The minimum atomic E-state index is -0.609. The van der Waals surface area contributed by atoms with Crippen molar-refractivity contribution in [3.63, 3.8) is 0 Å². The first kappa shape index (κ1) is 6.58. The zero-order valence-electron chi connectivity index (χ0n) is 5.73. The van der Waals surface area contributed by atoms with Gasteiger partial charge in [0.25, 0.3) is 0 Å². The van der Waals surface area contributed by atoms with Crippen LogP contribution in [-0.4, -0.2) is 28.7 Å². The van der Waals surface area contributed by atoms with E-state index in [0.29, 0.717) is 0 Å². The third kappa shape index (κ3) is 0.856. The molecule has 2 rings (SSSR count). The molecule has 3 nitrogen and oxygen atoms in total. The highest BCUT2D eigenvalue weighted by atomic mass is 16.6. The van der Waals surface area contributed by atoms with Crippen molar-refractivity contribution >= 4 is 0 Å². The topological polar surface area (TPSA) is 49.7 Å². The zero-order chi connectivity index (χ0) is 7.14. The van der Waals surface area contributed by atoms with Crippen LogP contribution in [0.3, 0.4) is 0 Å². The molecule has 1 aliphatic heterocycles. The van der Waals surface area contributed by atoms with Gasteiger partial charge in [-0.1, -0.05) is 0 Å². The molecule has 2 fully saturated rings. The van der Waals surface area contributed by atoms with Crippen LogP contribution in [0.15, 0.2) is 0 Å². The van der Waals surface area contributed by atoms with Gasteiger partial charge in [0.15, 0.2) is 6.29 Å². The molecular formula is C7H12O3. The molecule has 3 unspecified atom stereocenters. The molecule has 1 aliphatic carbocycles. The van der Waals surface area contributed by atoms with Gasteiger partial charge in [-0.3, -0.25) is 0 Å². The molecule has 0 aromatic rings. The monoisotopic (exact) mass is 144 g/mol. The van der Waals surface area contributed by atoms with E-state index >= 15 is 0 Å². The highest BCUT2D eigenvalue weighted by Gasteiger charge is 2.41. The molecule has 0 aromatic heterocycles. The van der Waals surface area contributed by atoms with Gasteiger partial charge in [-0.25, -0.2) is 0 Å². The Morgan fingerprint density at radius 2 is 2.00 bits per heavy atom. The van der Waals surface area contributed by atoms with Gasteiger partial charge in [0, 0.05) is 5.92 Å². The van der Waals surface area contributed by atoms with Crippen molar-refractivity contribution in [2.24, 2.45) is 5.92 Å². The molecule has 0 radical (unpaired) electrons. The minimum absolute atomic E-state index is 0.0891. The lowest BCUT2D eigenvalue weighted by Gasteiger charge is -2.21. The van der Waals surface area contributed by atoms with Crippen LogP contribution < -0.4 is 0 Å². The van der Waals surface area contributed by atoms with Gasteiger partial charge in [0.2, 0.25) is 0 Å². The first-order valence-corrected chi connectivity index (χ1v) is 3.79. The quantitative estimate of drug-likeness (QED) is 0.497. The van der Waals surface area contributed by atoms with Crippen LogP contribution in [0.4, 0.5) is 0 Å². The number of hydrogen-bond acceptors (Lipinski definition) is 3. The van der Waals surface area contributed by atoms with Crippen molar-refractivity contribution in [2.75, 3.05) is 0 Å². The largest absolute Gasteiger partial charge is 0.390 e. The second kappa shape index (κ2) is 2.19. The van der Waals surface area contributed by atoms with E-state index in [2.05, 4.69) is 0 Å². The lowest BCUT2D eigenvalue weighted by atomic mass is 9.88. The molecule has 4 atom stereocenters. The number of ether oxygens (including phenoxy) is 1. The molecule has 58 valence electrons. The predicted octanol–water partition coefficient (Wildman–Crippen LogP) is -0.135. The van der Waals surface area contributed by atoms with Crippen molar-refractivity contribution in [2.45, 2.75) is 37.8 Å². The highest BCUT2D eigenvalue weighted by Crippen LogP contribution is 2.36. The van der Waals surface area contributed by atoms with Crippen LogP contribution in [0, 0.1) is 5.92 Å². The van der Waals surface area contributed by atoms with E-state index < -0.39 is 6.29 Å². The average Bonchev–Trinajstić information content (AvgIpc) is 2.21. The van der Waals surface area contributed by atoms with Crippen LogP contribution in [0.2, 0.25) is 0 Å². The second-order valence-corrected chi connectivity index (χ2v) is 3.21. The Bertz CT molecular complexity index is 135. The predicted molar refractivity (Wildman–Crippen MR) is 34.2 cm³/mol. The van der Waals surface area contributed by atoms with E-state index in [-0.39, 0.29) is 18.1 Å². The second-order valence-electron chi connectivity index (χ2n) is 3.21. The minimum Gasteiger partial charge on any atom is -0.390 e. The molecule has 2 N–H and O–H groups in total. The third-order valence-corrected chi connectivity index (χ3v) is 2.51. The van der Waals surface area contributed by atoms with Crippen molar-refractivity contribution in [3.05, 3.63) is 0 Å². The smallest absolute Gasteiger partial charge is 0.157 e. The lowest BCUT2D eigenvalue weighted by molar-refractivity contribution is -0.120. The summed E-state index contributed by atoms with van der Waals surface area (Å²) >= 11 is 0. The van der Waals surface area contributed by atoms with Gasteiger partial charge in [0.1, 0.15) is 0 Å². The van der Waals surface area contributed by atoms with Crippen molar-refractivity contribution < 1.29 is 14.9 Å². The van der Waals surface area contributed by atoms with Crippen molar-refractivity contribution in [1.29, 1.82) is 0 Å². The maximum atomic E-state index is 9.28. The van der Waals surface area contributed by atoms with Gasteiger partial charge in [-0.05, 0) is 19.3 Å². The fourth-order valence-electron chi connectivity index (χ4n) is 1.84. The summed E-state index contributed by atoms with van der Waals surface area (Å²) in [4.78, 5) is 0. The van der Waals surface area contributed by atoms with Gasteiger partial charge < -0.3 is 14.9 Å². The maximum Gasteiger partial charge on any atom is 0.157 e. The summed E-state index contributed by atoms with van der Waals surface area (Å²) in [7, 11) is 0. The highest BCUT2D eigenvalue weighted by molar-refractivity contribution is 4.87. The number of aliphatic hydroxyl groups excluding tert-OH is 2. The van der Waals surface area contributed by atoms with Gasteiger partial charge in [0.05, 0.1) is 12.2 Å². The molecule has 10 heavy (non-hydrogen) atoms. The maximum absolute atomic E-state index is 9.28. The molecule has 0 amide bonds. The van der Waals surface area contributed by atoms with Gasteiger partial charge >= 0.3 is 0 Å². The Hall–Kier alpha value is -0.120. The molecule has 1 saturated carbocycles. The molecule has 3 heteroatoms. The van der Waals surface area contributed by atoms with E-state index in [1.165, 1.54) is 0 Å². The van der Waals surface area contributed by atoms with Crippen LogP contribution in [0.5, 0.6) is 0 Å². The molecule has 1 heterocycles. The molecule has 0 aromatic carbocycles. The molecule has 0 spiro atoms.